The maximum absolute atomic E-state index is 12.1. The Balaban J connectivity index is 1.75. The molecule has 120 valence electrons. The van der Waals surface area contributed by atoms with Crippen molar-refractivity contribution in [3.8, 4) is 17.2 Å². The summed E-state index contributed by atoms with van der Waals surface area (Å²) >= 11 is 9.45. The van der Waals surface area contributed by atoms with Gasteiger partial charge in [0.25, 0.3) is 0 Å². The van der Waals surface area contributed by atoms with Crippen LogP contribution in [0.1, 0.15) is 12.0 Å². The second-order valence-corrected chi connectivity index (χ2v) is 6.06. The van der Waals surface area contributed by atoms with Crippen molar-refractivity contribution < 1.29 is 19.0 Å². The molecule has 0 aliphatic carbocycles. The van der Waals surface area contributed by atoms with Crippen LogP contribution in [0.25, 0.3) is 0 Å². The molecule has 0 spiro atoms. The van der Waals surface area contributed by atoms with Gasteiger partial charge in [0.05, 0.1) is 24.7 Å². The Morgan fingerprint density at radius 2 is 2.17 bits per heavy atom. The fourth-order valence-corrected chi connectivity index (χ4v) is 2.78. The molecule has 0 N–H and O–H groups in total. The normalized spacial score (nSPS) is 13.3. The van der Waals surface area contributed by atoms with E-state index in [0.29, 0.717) is 45.7 Å². The third kappa shape index (κ3) is 3.95. The second-order valence-electron chi connectivity index (χ2n) is 4.90. The van der Waals surface area contributed by atoms with Gasteiger partial charge >= 0.3 is 5.97 Å². The number of esters is 1. The average Bonchev–Trinajstić information content (AvgIpc) is 2.75. The number of carbonyl (C=O) groups excluding carboxylic acids is 1. The standard InChI is InChI=1S/C16H13BrClNO4/c17-16-12(3-1-4-19-16)23-14(20)9-10-7-11(18)15-13(8-10)21-5-2-6-22-15/h1,3-4,7-8H,2,5-6,9H2. The predicted molar refractivity (Wildman–Crippen MR) is 88.3 cm³/mol. The maximum atomic E-state index is 12.1. The fourth-order valence-electron chi connectivity index (χ4n) is 2.16. The first-order valence-electron chi connectivity index (χ1n) is 7.02. The van der Waals surface area contributed by atoms with E-state index in [1.54, 1.807) is 30.5 Å². The summed E-state index contributed by atoms with van der Waals surface area (Å²) in [6, 6.07) is 6.80. The van der Waals surface area contributed by atoms with Gasteiger partial charge in [0.2, 0.25) is 0 Å². The number of nitrogens with zero attached hydrogens (tertiary/aromatic N) is 1. The zero-order chi connectivity index (χ0) is 16.2. The van der Waals surface area contributed by atoms with Crippen LogP contribution in [-0.2, 0) is 11.2 Å². The van der Waals surface area contributed by atoms with Gasteiger partial charge in [0, 0.05) is 12.6 Å². The molecule has 23 heavy (non-hydrogen) atoms. The average molecular weight is 399 g/mol. The molecule has 0 saturated carbocycles. The van der Waals surface area contributed by atoms with Crippen molar-refractivity contribution in [1.29, 1.82) is 0 Å². The highest BCUT2D eigenvalue weighted by atomic mass is 79.9. The third-order valence-electron chi connectivity index (χ3n) is 3.16. The van der Waals surface area contributed by atoms with Crippen molar-refractivity contribution in [2.75, 3.05) is 13.2 Å². The molecule has 0 unspecified atom stereocenters. The van der Waals surface area contributed by atoms with E-state index in [0.717, 1.165) is 6.42 Å². The van der Waals surface area contributed by atoms with Gasteiger partial charge in [-0.1, -0.05) is 11.6 Å². The van der Waals surface area contributed by atoms with E-state index in [1.807, 2.05) is 0 Å². The van der Waals surface area contributed by atoms with E-state index in [-0.39, 0.29) is 6.42 Å². The van der Waals surface area contributed by atoms with Crippen molar-refractivity contribution in [3.63, 3.8) is 0 Å². The second kappa shape index (κ2) is 7.19. The van der Waals surface area contributed by atoms with Crippen LogP contribution >= 0.6 is 27.5 Å². The number of aromatic nitrogens is 1. The van der Waals surface area contributed by atoms with Crippen molar-refractivity contribution in [2.45, 2.75) is 12.8 Å². The lowest BCUT2D eigenvalue weighted by atomic mass is 10.1. The lowest BCUT2D eigenvalue weighted by Gasteiger charge is -2.11. The van der Waals surface area contributed by atoms with E-state index in [9.17, 15) is 4.79 Å². The van der Waals surface area contributed by atoms with E-state index in [1.165, 1.54) is 0 Å². The minimum Gasteiger partial charge on any atom is -0.489 e. The number of ether oxygens (including phenoxy) is 3. The number of carbonyl (C=O) groups is 1. The summed E-state index contributed by atoms with van der Waals surface area (Å²) in [5, 5.41) is 0.426. The molecule has 0 bridgehead atoms. The van der Waals surface area contributed by atoms with Gasteiger partial charge in [-0.15, -0.1) is 0 Å². The molecule has 5 nitrogen and oxygen atoms in total. The van der Waals surface area contributed by atoms with Crippen LogP contribution in [0.3, 0.4) is 0 Å². The number of fused-ring (bicyclic) bond motifs is 1. The number of hydrogen-bond acceptors (Lipinski definition) is 5. The summed E-state index contributed by atoms with van der Waals surface area (Å²) in [7, 11) is 0. The number of halogens is 2. The van der Waals surface area contributed by atoms with Gasteiger partial charge < -0.3 is 14.2 Å². The summed E-state index contributed by atoms with van der Waals surface area (Å²) in [6.07, 6.45) is 2.46. The number of pyridine rings is 1. The van der Waals surface area contributed by atoms with E-state index < -0.39 is 5.97 Å². The van der Waals surface area contributed by atoms with Crippen molar-refractivity contribution >= 4 is 33.5 Å². The minimum atomic E-state index is -0.413. The molecule has 1 aromatic carbocycles. The Labute approximate surface area is 146 Å². The van der Waals surface area contributed by atoms with E-state index in [4.69, 9.17) is 25.8 Å². The van der Waals surface area contributed by atoms with Gasteiger partial charge in [0.1, 0.15) is 4.60 Å². The van der Waals surface area contributed by atoms with Gasteiger partial charge in [-0.25, -0.2) is 4.98 Å². The Kier molecular flexibility index (Phi) is 5.03. The SMILES string of the molecule is O=C(Cc1cc(Cl)c2c(c1)OCCCO2)Oc1cccnc1Br. The third-order valence-corrected chi connectivity index (χ3v) is 4.04. The van der Waals surface area contributed by atoms with Crippen LogP contribution in [0.15, 0.2) is 35.1 Å². The summed E-state index contributed by atoms with van der Waals surface area (Å²) in [4.78, 5) is 16.1. The first-order valence-corrected chi connectivity index (χ1v) is 8.20. The number of rotatable bonds is 3. The highest BCUT2D eigenvalue weighted by Gasteiger charge is 2.17. The molecule has 0 fully saturated rings. The lowest BCUT2D eigenvalue weighted by molar-refractivity contribution is -0.133. The molecule has 2 heterocycles. The maximum Gasteiger partial charge on any atom is 0.315 e. The van der Waals surface area contributed by atoms with Crippen LogP contribution in [0.2, 0.25) is 5.02 Å². The lowest BCUT2D eigenvalue weighted by Crippen LogP contribution is -2.12. The van der Waals surface area contributed by atoms with Crippen molar-refractivity contribution in [3.05, 3.63) is 45.7 Å². The Morgan fingerprint density at radius 3 is 3.00 bits per heavy atom. The highest BCUT2D eigenvalue weighted by molar-refractivity contribution is 9.10. The Bertz CT molecular complexity index is 738. The minimum absolute atomic E-state index is 0.0672. The fraction of sp³-hybridized carbons (Fsp3) is 0.250. The van der Waals surface area contributed by atoms with Crippen LogP contribution in [0.5, 0.6) is 17.2 Å². The topological polar surface area (TPSA) is 57.7 Å². The van der Waals surface area contributed by atoms with Crippen molar-refractivity contribution in [1.82, 2.24) is 4.98 Å². The summed E-state index contributed by atoms with van der Waals surface area (Å²) in [5.41, 5.74) is 0.698. The highest BCUT2D eigenvalue weighted by Crippen LogP contribution is 2.38. The molecule has 0 atom stereocenters. The monoisotopic (exact) mass is 397 g/mol. The zero-order valence-electron chi connectivity index (χ0n) is 12.1. The quantitative estimate of drug-likeness (QED) is 0.581. The summed E-state index contributed by atoms with van der Waals surface area (Å²) in [5.74, 6) is 1.04. The molecule has 0 amide bonds. The Hall–Kier alpha value is -1.79. The molecule has 0 radical (unpaired) electrons. The molecule has 1 aliphatic heterocycles. The number of hydrogen-bond donors (Lipinski definition) is 0. The molecule has 1 aromatic heterocycles. The molecule has 2 aromatic rings. The molecular weight excluding hydrogens is 386 g/mol. The van der Waals surface area contributed by atoms with Crippen LogP contribution in [0.4, 0.5) is 0 Å². The van der Waals surface area contributed by atoms with Crippen LogP contribution < -0.4 is 14.2 Å². The van der Waals surface area contributed by atoms with Crippen LogP contribution in [-0.4, -0.2) is 24.2 Å². The van der Waals surface area contributed by atoms with Crippen LogP contribution in [0, 0.1) is 0 Å². The summed E-state index contributed by atoms with van der Waals surface area (Å²) in [6.45, 7) is 1.11. The molecule has 3 rings (SSSR count). The summed E-state index contributed by atoms with van der Waals surface area (Å²) < 4.78 is 16.9. The van der Waals surface area contributed by atoms with E-state index in [2.05, 4.69) is 20.9 Å². The largest absolute Gasteiger partial charge is 0.489 e. The first-order chi connectivity index (χ1) is 11.1. The van der Waals surface area contributed by atoms with E-state index >= 15 is 0 Å². The first kappa shape index (κ1) is 16.1. The van der Waals surface area contributed by atoms with Gasteiger partial charge in [-0.05, 0) is 45.8 Å². The Morgan fingerprint density at radius 1 is 1.35 bits per heavy atom. The van der Waals surface area contributed by atoms with Crippen molar-refractivity contribution in [2.24, 2.45) is 0 Å². The van der Waals surface area contributed by atoms with Gasteiger partial charge in [-0.3, -0.25) is 4.79 Å². The van der Waals surface area contributed by atoms with Gasteiger partial charge in [0.15, 0.2) is 17.2 Å². The smallest absolute Gasteiger partial charge is 0.315 e. The molecule has 1 aliphatic rings. The molecule has 7 heteroatoms. The molecule has 0 saturated heterocycles. The number of benzene rings is 1. The predicted octanol–water partition coefficient (Wildman–Crippen LogP) is 3.81. The zero-order valence-corrected chi connectivity index (χ0v) is 14.4. The van der Waals surface area contributed by atoms with Gasteiger partial charge in [-0.2, -0.15) is 0 Å². The molecular formula is C16H13BrClNO4.